The molecule has 8 heteroatoms. The van der Waals surface area contributed by atoms with Gasteiger partial charge in [0.2, 0.25) is 15.9 Å². The van der Waals surface area contributed by atoms with Crippen LogP contribution in [0.25, 0.3) is 0 Å². The van der Waals surface area contributed by atoms with Gasteiger partial charge in [0.1, 0.15) is 0 Å². The second-order valence-electron chi connectivity index (χ2n) is 5.11. The molecule has 5 nitrogen and oxygen atoms in total. The zero-order valence-electron chi connectivity index (χ0n) is 12.7. The fraction of sp³-hybridized carbons (Fsp3) is 0.188. The molecule has 2 aromatic rings. The van der Waals surface area contributed by atoms with Crippen LogP contribution >= 0.6 is 27.7 Å². The number of carbonyl (C=O) groups excluding carboxylic acids is 1. The molecule has 0 saturated heterocycles. The molecule has 24 heavy (non-hydrogen) atoms. The molecule has 0 aliphatic rings. The highest BCUT2D eigenvalue weighted by atomic mass is 79.9. The van der Waals surface area contributed by atoms with E-state index in [1.54, 1.807) is 36.0 Å². The van der Waals surface area contributed by atoms with Crippen LogP contribution in [0.5, 0.6) is 0 Å². The van der Waals surface area contributed by atoms with Gasteiger partial charge in [-0.3, -0.25) is 4.79 Å². The van der Waals surface area contributed by atoms with Gasteiger partial charge in [0.25, 0.3) is 0 Å². The van der Waals surface area contributed by atoms with Gasteiger partial charge in [0.05, 0.1) is 5.75 Å². The Hall–Kier alpha value is -1.35. The predicted molar refractivity (Wildman–Crippen MR) is 101 cm³/mol. The summed E-state index contributed by atoms with van der Waals surface area (Å²) >= 11 is 4.98. The fourth-order valence-corrected chi connectivity index (χ4v) is 3.75. The van der Waals surface area contributed by atoms with Gasteiger partial charge in [-0.2, -0.15) is 0 Å². The van der Waals surface area contributed by atoms with Crippen molar-refractivity contribution >= 4 is 49.3 Å². The van der Waals surface area contributed by atoms with E-state index >= 15 is 0 Å². The normalized spacial score (nSPS) is 11.2. The topological polar surface area (TPSA) is 89.3 Å². The van der Waals surface area contributed by atoms with E-state index in [0.717, 1.165) is 9.37 Å². The molecule has 0 aliphatic carbocycles. The average molecular weight is 429 g/mol. The number of carbonyl (C=O) groups is 1. The molecule has 0 aliphatic heterocycles. The summed E-state index contributed by atoms with van der Waals surface area (Å²) in [5.41, 5.74) is 1.11. The number of thioether (sulfide) groups is 1. The molecule has 0 aromatic heterocycles. The Morgan fingerprint density at radius 3 is 2.54 bits per heavy atom. The summed E-state index contributed by atoms with van der Waals surface area (Å²) in [6.45, 7) is 0. The maximum absolute atomic E-state index is 12.0. The number of benzene rings is 2. The molecule has 0 heterocycles. The first-order valence-corrected chi connectivity index (χ1v) is 10.6. The van der Waals surface area contributed by atoms with Crippen LogP contribution in [0.4, 0.5) is 5.69 Å². The average Bonchev–Trinajstić information content (AvgIpc) is 2.48. The first-order valence-electron chi connectivity index (χ1n) is 7.09. The van der Waals surface area contributed by atoms with Gasteiger partial charge in [-0.1, -0.05) is 28.1 Å². The molecular weight excluding hydrogens is 412 g/mol. The summed E-state index contributed by atoms with van der Waals surface area (Å²) in [6, 6.07) is 14.6. The van der Waals surface area contributed by atoms with E-state index in [4.69, 9.17) is 5.14 Å². The second-order valence-corrected chi connectivity index (χ2v) is 8.81. The Labute approximate surface area is 154 Å². The van der Waals surface area contributed by atoms with Crippen molar-refractivity contribution < 1.29 is 13.2 Å². The summed E-state index contributed by atoms with van der Waals surface area (Å²) < 4.78 is 23.2. The minimum atomic E-state index is -3.59. The molecule has 2 rings (SSSR count). The van der Waals surface area contributed by atoms with Crippen molar-refractivity contribution in [2.75, 3.05) is 11.1 Å². The molecule has 1 amide bonds. The molecule has 2 aromatic carbocycles. The van der Waals surface area contributed by atoms with Gasteiger partial charge < -0.3 is 5.32 Å². The van der Waals surface area contributed by atoms with Crippen LogP contribution in [0, 0.1) is 0 Å². The molecule has 0 atom stereocenters. The summed E-state index contributed by atoms with van der Waals surface area (Å²) in [5, 5.41) is 7.80. The number of rotatable bonds is 7. The smallest absolute Gasteiger partial charge is 0.225 e. The Balaban J connectivity index is 1.83. The van der Waals surface area contributed by atoms with E-state index in [-0.39, 0.29) is 11.7 Å². The Bertz CT molecular complexity index is 808. The van der Waals surface area contributed by atoms with Crippen molar-refractivity contribution in [2.45, 2.75) is 17.1 Å². The number of nitrogens with two attached hydrogens (primary N) is 1. The lowest BCUT2D eigenvalue weighted by molar-refractivity contribution is -0.115. The van der Waals surface area contributed by atoms with Crippen LogP contribution in [0.3, 0.4) is 0 Å². The van der Waals surface area contributed by atoms with Crippen LogP contribution in [0.1, 0.15) is 12.0 Å². The van der Waals surface area contributed by atoms with Crippen molar-refractivity contribution in [1.29, 1.82) is 0 Å². The summed E-state index contributed by atoms with van der Waals surface area (Å²) in [7, 11) is -3.59. The fourth-order valence-electron chi connectivity index (χ4n) is 1.99. The third kappa shape index (κ3) is 7.04. The van der Waals surface area contributed by atoms with Crippen molar-refractivity contribution in [3.8, 4) is 0 Å². The monoisotopic (exact) mass is 428 g/mol. The lowest BCUT2D eigenvalue weighted by atomic mass is 10.2. The highest BCUT2D eigenvalue weighted by Gasteiger charge is 2.07. The number of hydrogen-bond acceptors (Lipinski definition) is 4. The first-order chi connectivity index (χ1) is 11.3. The molecule has 3 N–H and O–H groups in total. The quantitative estimate of drug-likeness (QED) is 0.661. The molecule has 0 unspecified atom stereocenters. The Morgan fingerprint density at radius 1 is 1.17 bits per heavy atom. The molecule has 0 bridgehead atoms. The SMILES string of the molecule is NS(=O)(=O)Cc1cccc(NC(=O)CCSc2ccc(Br)cc2)c1. The minimum Gasteiger partial charge on any atom is -0.326 e. The van der Waals surface area contributed by atoms with Crippen LogP contribution in [-0.4, -0.2) is 20.1 Å². The number of sulfonamides is 1. The van der Waals surface area contributed by atoms with Gasteiger partial charge in [-0.15, -0.1) is 11.8 Å². The van der Waals surface area contributed by atoms with Gasteiger partial charge >= 0.3 is 0 Å². The van der Waals surface area contributed by atoms with Crippen LogP contribution in [-0.2, 0) is 20.6 Å². The second kappa shape index (κ2) is 8.66. The molecular formula is C16H17BrN2O3S2. The van der Waals surface area contributed by atoms with E-state index < -0.39 is 10.0 Å². The van der Waals surface area contributed by atoms with Crippen molar-refractivity contribution in [3.05, 3.63) is 58.6 Å². The molecule has 0 saturated carbocycles. The molecule has 128 valence electrons. The van der Waals surface area contributed by atoms with E-state index in [1.807, 2.05) is 24.3 Å². The zero-order chi connectivity index (χ0) is 17.6. The predicted octanol–water partition coefficient (Wildman–Crippen LogP) is 3.36. The van der Waals surface area contributed by atoms with E-state index in [1.165, 1.54) is 0 Å². The summed E-state index contributed by atoms with van der Waals surface area (Å²) in [4.78, 5) is 13.1. The van der Waals surface area contributed by atoms with Gasteiger partial charge in [-0.25, -0.2) is 13.6 Å². The van der Waals surface area contributed by atoms with Crippen molar-refractivity contribution in [1.82, 2.24) is 0 Å². The first kappa shape index (κ1) is 19.0. The molecule has 0 spiro atoms. The van der Waals surface area contributed by atoms with Crippen LogP contribution in [0.2, 0.25) is 0 Å². The Morgan fingerprint density at radius 2 is 1.88 bits per heavy atom. The number of hydrogen-bond donors (Lipinski definition) is 2. The maximum atomic E-state index is 12.0. The van der Waals surface area contributed by atoms with Crippen molar-refractivity contribution in [2.24, 2.45) is 5.14 Å². The number of halogens is 1. The van der Waals surface area contributed by atoms with E-state index in [0.29, 0.717) is 23.4 Å². The summed E-state index contributed by atoms with van der Waals surface area (Å²) in [5.74, 6) is 0.285. The highest BCUT2D eigenvalue weighted by molar-refractivity contribution is 9.10. The Kier molecular flexibility index (Phi) is 6.85. The standard InChI is InChI=1S/C16H17BrN2O3S2/c17-13-4-6-15(7-5-13)23-9-8-16(20)19-14-3-1-2-12(10-14)11-24(18,21)22/h1-7,10H,8-9,11H2,(H,19,20)(H2,18,21,22). The number of primary sulfonamides is 1. The van der Waals surface area contributed by atoms with Crippen LogP contribution < -0.4 is 10.5 Å². The maximum Gasteiger partial charge on any atom is 0.225 e. The van der Waals surface area contributed by atoms with Gasteiger partial charge in [0.15, 0.2) is 0 Å². The lowest BCUT2D eigenvalue weighted by Crippen LogP contribution is -2.15. The number of amides is 1. The molecule has 0 fully saturated rings. The third-order valence-electron chi connectivity index (χ3n) is 2.99. The van der Waals surface area contributed by atoms with E-state index in [2.05, 4.69) is 21.2 Å². The zero-order valence-corrected chi connectivity index (χ0v) is 16.0. The minimum absolute atomic E-state index is 0.118. The van der Waals surface area contributed by atoms with Gasteiger partial charge in [0, 0.05) is 27.2 Å². The van der Waals surface area contributed by atoms with Crippen molar-refractivity contribution in [3.63, 3.8) is 0 Å². The van der Waals surface area contributed by atoms with Gasteiger partial charge in [-0.05, 0) is 42.0 Å². The highest BCUT2D eigenvalue weighted by Crippen LogP contribution is 2.21. The largest absolute Gasteiger partial charge is 0.326 e. The lowest BCUT2D eigenvalue weighted by Gasteiger charge is -2.07. The number of anilines is 1. The van der Waals surface area contributed by atoms with E-state index in [9.17, 15) is 13.2 Å². The number of nitrogens with one attached hydrogen (secondary N) is 1. The third-order valence-corrected chi connectivity index (χ3v) is 5.27. The van der Waals surface area contributed by atoms with Crippen LogP contribution in [0.15, 0.2) is 57.9 Å². The molecule has 0 radical (unpaired) electrons. The summed E-state index contributed by atoms with van der Waals surface area (Å²) in [6.07, 6.45) is 0.361.